The molecule has 0 aliphatic carbocycles. The van der Waals surface area contributed by atoms with E-state index in [0.29, 0.717) is 32.6 Å². The fourth-order valence-corrected chi connectivity index (χ4v) is 4.51. The van der Waals surface area contributed by atoms with Crippen LogP contribution in [0.25, 0.3) is 0 Å². The highest BCUT2D eigenvalue weighted by Crippen LogP contribution is 2.27. The number of aromatic nitrogens is 3. The molecule has 1 aliphatic rings. The summed E-state index contributed by atoms with van der Waals surface area (Å²) in [6, 6.07) is 17.8. The maximum atomic E-state index is 12.9. The topological polar surface area (TPSA) is 69.4 Å². The van der Waals surface area contributed by atoms with Crippen LogP contribution in [-0.4, -0.2) is 45.4 Å². The number of methoxy groups -OCH3 is 1. The van der Waals surface area contributed by atoms with Crippen molar-refractivity contribution in [1.82, 2.24) is 19.2 Å². The van der Waals surface area contributed by atoms with Crippen molar-refractivity contribution in [3.8, 4) is 5.75 Å². The van der Waals surface area contributed by atoms with Crippen LogP contribution in [0, 0.1) is 0 Å². The molecule has 0 saturated carbocycles. The van der Waals surface area contributed by atoms with Gasteiger partial charge in [0.1, 0.15) is 11.6 Å². The molecule has 7 heteroatoms. The van der Waals surface area contributed by atoms with Crippen LogP contribution in [0.2, 0.25) is 0 Å². The summed E-state index contributed by atoms with van der Waals surface area (Å²) < 4.78 is 8.54. The molecule has 0 atom stereocenters. The highest BCUT2D eigenvalue weighted by molar-refractivity contribution is 5.76. The zero-order chi connectivity index (χ0) is 23.2. The van der Waals surface area contributed by atoms with Crippen molar-refractivity contribution >= 4 is 5.91 Å². The van der Waals surface area contributed by atoms with Crippen molar-refractivity contribution in [2.45, 2.75) is 51.6 Å². The number of rotatable bonds is 8. The molecular formula is C26H32N4O3. The Morgan fingerprint density at radius 3 is 2.36 bits per heavy atom. The molecule has 0 radical (unpaired) electrons. The van der Waals surface area contributed by atoms with Crippen LogP contribution in [0.1, 0.15) is 49.1 Å². The molecule has 0 spiro atoms. The summed E-state index contributed by atoms with van der Waals surface area (Å²) in [5.74, 6) is 2.06. The smallest absolute Gasteiger partial charge is 0.346 e. The summed E-state index contributed by atoms with van der Waals surface area (Å²) in [7, 11) is 1.65. The molecule has 2 aromatic carbocycles. The van der Waals surface area contributed by atoms with E-state index >= 15 is 0 Å². The Kier molecular flexibility index (Phi) is 7.27. The fourth-order valence-electron chi connectivity index (χ4n) is 4.51. The predicted molar refractivity (Wildman–Crippen MR) is 128 cm³/mol. The second-order valence-electron chi connectivity index (χ2n) is 8.53. The number of nitrogens with zero attached hydrogens (tertiary/aromatic N) is 4. The van der Waals surface area contributed by atoms with Gasteiger partial charge in [-0.05, 0) is 49.4 Å². The first-order valence-corrected chi connectivity index (χ1v) is 11.7. The van der Waals surface area contributed by atoms with E-state index < -0.39 is 0 Å². The fraction of sp³-hybridized carbons (Fsp3) is 0.423. The summed E-state index contributed by atoms with van der Waals surface area (Å²) in [4.78, 5) is 27.6. The van der Waals surface area contributed by atoms with Gasteiger partial charge in [0.25, 0.3) is 0 Å². The van der Waals surface area contributed by atoms with E-state index in [4.69, 9.17) is 9.84 Å². The molecule has 7 nitrogen and oxygen atoms in total. The van der Waals surface area contributed by atoms with Crippen molar-refractivity contribution in [2.24, 2.45) is 0 Å². The standard InChI is InChI=1S/C26H32N4O3/c1-3-29-25(27-30(26(29)32)19-21-7-5-4-6-8-21)22-15-17-28(18-16-22)24(31)14-11-20-9-12-23(33-2)13-10-20/h4-10,12-13,22H,3,11,14-19H2,1-2H3. The van der Waals surface area contributed by atoms with Gasteiger partial charge in [0.2, 0.25) is 5.91 Å². The number of carbonyl (C=O) groups is 1. The number of hydrogen-bond acceptors (Lipinski definition) is 4. The van der Waals surface area contributed by atoms with Crippen molar-refractivity contribution in [3.63, 3.8) is 0 Å². The summed E-state index contributed by atoms with van der Waals surface area (Å²) in [6.07, 6.45) is 2.89. The Labute approximate surface area is 194 Å². The molecule has 174 valence electrons. The van der Waals surface area contributed by atoms with E-state index in [9.17, 15) is 9.59 Å². The largest absolute Gasteiger partial charge is 0.497 e. The van der Waals surface area contributed by atoms with Crippen LogP contribution < -0.4 is 10.4 Å². The molecule has 2 heterocycles. The molecule has 0 unspecified atom stereocenters. The molecule has 3 aromatic rings. The average molecular weight is 449 g/mol. The molecule has 1 aliphatic heterocycles. The van der Waals surface area contributed by atoms with Gasteiger partial charge in [0, 0.05) is 32.0 Å². The number of ether oxygens (including phenoxy) is 1. The number of hydrogen-bond donors (Lipinski definition) is 0. The lowest BCUT2D eigenvalue weighted by Gasteiger charge is -2.31. The lowest BCUT2D eigenvalue weighted by atomic mass is 9.95. The van der Waals surface area contributed by atoms with Crippen molar-refractivity contribution < 1.29 is 9.53 Å². The van der Waals surface area contributed by atoms with Gasteiger partial charge in [-0.1, -0.05) is 42.5 Å². The van der Waals surface area contributed by atoms with Gasteiger partial charge < -0.3 is 9.64 Å². The zero-order valence-electron chi connectivity index (χ0n) is 19.4. The van der Waals surface area contributed by atoms with Gasteiger partial charge in [0.05, 0.1) is 13.7 Å². The first-order chi connectivity index (χ1) is 16.1. The van der Waals surface area contributed by atoms with E-state index in [1.54, 1.807) is 16.4 Å². The monoisotopic (exact) mass is 448 g/mol. The maximum Gasteiger partial charge on any atom is 0.346 e. The molecule has 0 bridgehead atoms. The summed E-state index contributed by atoms with van der Waals surface area (Å²) >= 11 is 0. The Hall–Kier alpha value is -3.35. The number of likely N-dealkylation sites (tertiary alicyclic amines) is 1. The number of benzene rings is 2. The van der Waals surface area contributed by atoms with E-state index in [1.807, 2.05) is 66.4 Å². The first kappa shape index (κ1) is 22.8. The molecule has 1 fully saturated rings. The van der Waals surface area contributed by atoms with Crippen LogP contribution in [0.4, 0.5) is 0 Å². The number of piperidine rings is 1. The number of aryl methyl sites for hydroxylation is 1. The number of amides is 1. The highest BCUT2D eigenvalue weighted by atomic mass is 16.5. The predicted octanol–water partition coefficient (Wildman–Crippen LogP) is 3.46. The molecule has 4 rings (SSSR count). The van der Waals surface area contributed by atoms with Gasteiger partial charge in [-0.25, -0.2) is 9.48 Å². The van der Waals surface area contributed by atoms with E-state index in [-0.39, 0.29) is 17.5 Å². The third kappa shape index (κ3) is 5.35. The van der Waals surface area contributed by atoms with Crippen LogP contribution in [0.5, 0.6) is 5.75 Å². The molecule has 0 N–H and O–H groups in total. The van der Waals surface area contributed by atoms with Gasteiger partial charge in [-0.3, -0.25) is 9.36 Å². The minimum Gasteiger partial charge on any atom is -0.497 e. The van der Waals surface area contributed by atoms with E-state index in [0.717, 1.165) is 42.0 Å². The van der Waals surface area contributed by atoms with Crippen molar-refractivity contribution in [3.05, 3.63) is 82.0 Å². The minimum absolute atomic E-state index is 0.0608. The highest BCUT2D eigenvalue weighted by Gasteiger charge is 2.28. The first-order valence-electron chi connectivity index (χ1n) is 11.7. The molecular weight excluding hydrogens is 416 g/mol. The van der Waals surface area contributed by atoms with Gasteiger partial charge >= 0.3 is 5.69 Å². The second-order valence-corrected chi connectivity index (χ2v) is 8.53. The van der Waals surface area contributed by atoms with Crippen LogP contribution >= 0.6 is 0 Å². The Bertz CT molecular complexity index is 1110. The van der Waals surface area contributed by atoms with Crippen LogP contribution in [-0.2, 0) is 24.3 Å². The van der Waals surface area contributed by atoms with E-state index in [1.165, 1.54) is 0 Å². The van der Waals surface area contributed by atoms with Gasteiger partial charge in [-0.2, -0.15) is 5.10 Å². The Morgan fingerprint density at radius 2 is 1.73 bits per heavy atom. The SMILES string of the molecule is CCn1c(C2CCN(C(=O)CCc3ccc(OC)cc3)CC2)nn(Cc2ccccc2)c1=O. The van der Waals surface area contributed by atoms with Crippen molar-refractivity contribution in [2.75, 3.05) is 20.2 Å². The zero-order valence-corrected chi connectivity index (χ0v) is 19.4. The molecule has 1 saturated heterocycles. The molecule has 1 amide bonds. The van der Waals surface area contributed by atoms with Gasteiger partial charge in [-0.15, -0.1) is 0 Å². The third-order valence-corrected chi connectivity index (χ3v) is 6.44. The van der Waals surface area contributed by atoms with Gasteiger partial charge in [0.15, 0.2) is 0 Å². The second kappa shape index (κ2) is 10.5. The van der Waals surface area contributed by atoms with Crippen LogP contribution in [0.3, 0.4) is 0 Å². The lowest BCUT2D eigenvalue weighted by molar-refractivity contribution is -0.132. The Balaban J connectivity index is 1.35. The number of carbonyl (C=O) groups excluding carboxylic acids is 1. The quantitative estimate of drug-likeness (QED) is 0.529. The summed E-state index contributed by atoms with van der Waals surface area (Å²) in [5.41, 5.74) is 2.13. The third-order valence-electron chi connectivity index (χ3n) is 6.44. The molecule has 1 aromatic heterocycles. The maximum absolute atomic E-state index is 12.9. The minimum atomic E-state index is -0.0608. The van der Waals surface area contributed by atoms with E-state index in [2.05, 4.69) is 0 Å². The molecule has 33 heavy (non-hydrogen) atoms. The average Bonchev–Trinajstić information content (AvgIpc) is 3.18. The normalized spacial score (nSPS) is 14.4. The summed E-state index contributed by atoms with van der Waals surface area (Å²) in [6.45, 7) is 4.47. The van der Waals surface area contributed by atoms with Crippen molar-refractivity contribution in [1.29, 1.82) is 0 Å². The lowest BCUT2D eigenvalue weighted by Crippen LogP contribution is -2.38. The van der Waals surface area contributed by atoms with Crippen LogP contribution in [0.15, 0.2) is 59.4 Å². The Morgan fingerprint density at radius 1 is 1.03 bits per heavy atom. The summed E-state index contributed by atoms with van der Waals surface area (Å²) in [5, 5.41) is 4.71.